The maximum absolute atomic E-state index is 13.0. The number of nitrogens with one attached hydrogen (secondary N) is 1. The zero-order valence-corrected chi connectivity index (χ0v) is 11.8. The van der Waals surface area contributed by atoms with Crippen molar-refractivity contribution in [3.8, 4) is 0 Å². The summed E-state index contributed by atoms with van der Waals surface area (Å²) in [6.07, 6.45) is 0. The SMILES string of the molecule is Fc1ccc(CNCc2ccc(CCl)cc2)cc1Cl. The Kier molecular flexibility index (Phi) is 5.20. The van der Waals surface area contributed by atoms with E-state index < -0.39 is 0 Å². The highest BCUT2D eigenvalue weighted by molar-refractivity contribution is 6.30. The van der Waals surface area contributed by atoms with Gasteiger partial charge < -0.3 is 5.32 Å². The van der Waals surface area contributed by atoms with Crippen molar-refractivity contribution in [2.24, 2.45) is 0 Å². The van der Waals surface area contributed by atoms with Crippen LogP contribution in [0, 0.1) is 5.82 Å². The van der Waals surface area contributed by atoms with Gasteiger partial charge in [-0.1, -0.05) is 41.9 Å². The van der Waals surface area contributed by atoms with Gasteiger partial charge in [0, 0.05) is 19.0 Å². The molecule has 0 aliphatic carbocycles. The van der Waals surface area contributed by atoms with Crippen molar-refractivity contribution in [3.05, 3.63) is 70.0 Å². The molecule has 0 radical (unpaired) electrons. The molecule has 0 saturated carbocycles. The van der Waals surface area contributed by atoms with Crippen molar-refractivity contribution >= 4 is 23.2 Å². The van der Waals surface area contributed by atoms with Crippen LogP contribution in [0.25, 0.3) is 0 Å². The minimum Gasteiger partial charge on any atom is -0.309 e. The molecule has 100 valence electrons. The highest BCUT2D eigenvalue weighted by atomic mass is 35.5. The molecule has 0 fully saturated rings. The summed E-state index contributed by atoms with van der Waals surface area (Å²) < 4.78 is 13.0. The number of hydrogen-bond acceptors (Lipinski definition) is 1. The molecule has 0 aliphatic rings. The molecule has 0 aliphatic heterocycles. The molecule has 0 aromatic heterocycles. The lowest BCUT2D eigenvalue weighted by Gasteiger charge is -2.06. The van der Waals surface area contributed by atoms with E-state index in [0.717, 1.165) is 17.7 Å². The summed E-state index contributed by atoms with van der Waals surface area (Å²) >= 11 is 11.5. The predicted octanol–water partition coefficient (Wildman–Crippen LogP) is 4.51. The second-order valence-electron chi connectivity index (χ2n) is 4.30. The molecule has 2 rings (SSSR count). The molecule has 2 aromatic carbocycles. The Bertz CT molecular complexity index is 540. The fourth-order valence-corrected chi connectivity index (χ4v) is 2.13. The quantitative estimate of drug-likeness (QED) is 0.801. The first-order chi connectivity index (χ1) is 9.19. The molecular weight excluding hydrogens is 284 g/mol. The Labute approximate surface area is 122 Å². The topological polar surface area (TPSA) is 12.0 Å². The van der Waals surface area contributed by atoms with E-state index in [4.69, 9.17) is 23.2 Å². The molecule has 0 heterocycles. The molecule has 0 unspecified atom stereocenters. The Morgan fingerprint density at radius 1 is 0.895 bits per heavy atom. The van der Waals surface area contributed by atoms with Gasteiger partial charge in [-0.05, 0) is 28.8 Å². The summed E-state index contributed by atoms with van der Waals surface area (Å²) in [5.41, 5.74) is 3.25. The fraction of sp³-hybridized carbons (Fsp3) is 0.200. The Balaban J connectivity index is 1.86. The normalized spacial score (nSPS) is 10.7. The van der Waals surface area contributed by atoms with Gasteiger partial charge in [0.25, 0.3) is 0 Å². The summed E-state index contributed by atoms with van der Waals surface area (Å²) in [6, 6.07) is 12.9. The van der Waals surface area contributed by atoms with E-state index in [1.54, 1.807) is 12.1 Å². The molecule has 0 bridgehead atoms. The maximum atomic E-state index is 13.0. The molecule has 0 atom stereocenters. The van der Waals surface area contributed by atoms with Crippen molar-refractivity contribution in [2.45, 2.75) is 19.0 Å². The average Bonchev–Trinajstić information content (AvgIpc) is 2.43. The van der Waals surface area contributed by atoms with Crippen LogP contribution in [0.4, 0.5) is 4.39 Å². The summed E-state index contributed by atoms with van der Waals surface area (Å²) in [5.74, 6) is 0.143. The van der Waals surface area contributed by atoms with E-state index in [-0.39, 0.29) is 10.8 Å². The number of rotatable bonds is 5. The number of alkyl halides is 1. The third-order valence-electron chi connectivity index (χ3n) is 2.82. The molecule has 1 N–H and O–H groups in total. The molecule has 1 nitrogen and oxygen atoms in total. The molecule has 2 aromatic rings. The van der Waals surface area contributed by atoms with Gasteiger partial charge in [-0.2, -0.15) is 0 Å². The Hall–Kier alpha value is -1.09. The molecular formula is C15H14Cl2FN. The standard InChI is InChI=1S/C15H14Cl2FN/c16-8-11-1-3-12(4-2-11)9-19-10-13-5-6-15(18)14(17)7-13/h1-7,19H,8-10H2. The number of halogens is 3. The van der Waals surface area contributed by atoms with Crippen LogP contribution in [0.15, 0.2) is 42.5 Å². The van der Waals surface area contributed by atoms with Gasteiger partial charge >= 0.3 is 0 Å². The smallest absolute Gasteiger partial charge is 0.141 e. The van der Waals surface area contributed by atoms with Crippen LogP contribution in [0.5, 0.6) is 0 Å². The van der Waals surface area contributed by atoms with Crippen molar-refractivity contribution < 1.29 is 4.39 Å². The van der Waals surface area contributed by atoms with E-state index in [0.29, 0.717) is 12.4 Å². The summed E-state index contributed by atoms with van der Waals surface area (Å²) in [6.45, 7) is 1.40. The van der Waals surface area contributed by atoms with Crippen LogP contribution in [0.2, 0.25) is 5.02 Å². The molecule has 4 heteroatoms. The maximum Gasteiger partial charge on any atom is 0.141 e. The van der Waals surface area contributed by atoms with E-state index in [9.17, 15) is 4.39 Å². The van der Waals surface area contributed by atoms with Crippen molar-refractivity contribution in [3.63, 3.8) is 0 Å². The van der Waals surface area contributed by atoms with E-state index in [1.807, 2.05) is 24.3 Å². The third kappa shape index (κ3) is 4.20. The molecule has 0 spiro atoms. The molecule has 0 amide bonds. The lowest BCUT2D eigenvalue weighted by molar-refractivity contribution is 0.625. The van der Waals surface area contributed by atoms with Crippen LogP contribution >= 0.6 is 23.2 Å². The largest absolute Gasteiger partial charge is 0.309 e. The first-order valence-corrected chi connectivity index (χ1v) is 6.88. The van der Waals surface area contributed by atoms with Gasteiger partial charge in [-0.3, -0.25) is 0 Å². The number of hydrogen-bond donors (Lipinski definition) is 1. The van der Waals surface area contributed by atoms with Gasteiger partial charge in [-0.25, -0.2) is 4.39 Å². The highest BCUT2D eigenvalue weighted by Crippen LogP contribution is 2.16. The molecule has 0 saturated heterocycles. The molecule has 19 heavy (non-hydrogen) atoms. The van der Waals surface area contributed by atoms with Crippen LogP contribution in [-0.4, -0.2) is 0 Å². The Morgan fingerprint density at radius 2 is 1.47 bits per heavy atom. The lowest BCUT2D eigenvalue weighted by Crippen LogP contribution is -2.12. The van der Waals surface area contributed by atoms with Crippen molar-refractivity contribution in [1.82, 2.24) is 5.32 Å². The van der Waals surface area contributed by atoms with E-state index in [2.05, 4.69) is 5.32 Å². The third-order valence-corrected chi connectivity index (χ3v) is 3.42. The highest BCUT2D eigenvalue weighted by Gasteiger charge is 2.00. The van der Waals surface area contributed by atoms with Crippen molar-refractivity contribution in [2.75, 3.05) is 0 Å². The second kappa shape index (κ2) is 6.90. The van der Waals surface area contributed by atoms with E-state index in [1.165, 1.54) is 11.6 Å². The van der Waals surface area contributed by atoms with Crippen LogP contribution in [0.3, 0.4) is 0 Å². The van der Waals surface area contributed by atoms with Gasteiger partial charge in [0.1, 0.15) is 5.82 Å². The zero-order chi connectivity index (χ0) is 13.7. The van der Waals surface area contributed by atoms with Crippen LogP contribution in [0.1, 0.15) is 16.7 Å². The average molecular weight is 298 g/mol. The predicted molar refractivity (Wildman–Crippen MR) is 78.0 cm³/mol. The van der Waals surface area contributed by atoms with Gasteiger partial charge in [-0.15, -0.1) is 11.6 Å². The number of benzene rings is 2. The fourth-order valence-electron chi connectivity index (χ4n) is 1.75. The first-order valence-electron chi connectivity index (χ1n) is 5.97. The summed E-state index contributed by atoms with van der Waals surface area (Å²) in [5, 5.41) is 3.45. The zero-order valence-electron chi connectivity index (χ0n) is 10.3. The van der Waals surface area contributed by atoms with Gasteiger partial charge in [0.15, 0.2) is 0 Å². The van der Waals surface area contributed by atoms with Crippen LogP contribution in [-0.2, 0) is 19.0 Å². The van der Waals surface area contributed by atoms with E-state index >= 15 is 0 Å². The van der Waals surface area contributed by atoms with Crippen LogP contribution < -0.4 is 5.32 Å². The minimum absolute atomic E-state index is 0.158. The Morgan fingerprint density at radius 3 is 2.11 bits per heavy atom. The minimum atomic E-state index is -0.387. The van der Waals surface area contributed by atoms with Crippen molar-refractivity contribution in [1.29, 1.82) is 0 Å². The first kappa shape index (κ1) is 14.3. The lowest BCUT2D eigenvalue weighted by atomic mass is 10.1. The second-order valence-corrected chi connectivity index (χ2v) is 4.98. The van der Waals surface area contributed by atoms with Gasteiger partial charge in [0.2, 0.25) is 0 Å². The summed E-state index contributed by atoms with van der Waals surface area (Å²) in [4.78, 5) is 0. The monoisotopic (exact) mass is 297 g/mol. The van der Waals surface area contributed by atoms with Gasteiger partial charge in [0.05, 0.1) is 5.02 Å². The summed E-state index contributed by atoms with van der Waals surface area (Å²) in [7, 11) is 0.